The number of unbranched alkanes of at least 4 members (excludes halogenated alkanes) is 4. The Morgan fingerprint density at radius 3 is 2.36 bits per heavy atom. The first kappa shape index (κ1) is 19.3. The molecule has 0 saturated carbocycles. The minimum atomic E-state index is -1.46. The van der Waals surface area contributed by atoms with Crippen LogP contribution in [0.3, 0.4) is 0 Å². The summed E-state index contributed by atoms with van der Waals surface area (Å²) in [7, 11) is 0. The lowest BCUT2D eigenvalue weighted by molar-refractivity contribution is -0.238. The number of carbonyl (C=O) groups excluding carboxylic acids is 1. The van der Waals surface area contributed by atoms with Gasteiger partial charge in [0.1, 0.15) is 24.4 Å². The third-order valence-electron chi connectivity index (χ3n) is 3.75. The number of carbonyl (C=O) groups is 1. The van der Waals surface area contributed by atoms with Gasteiger partial charge in [0.2, 0.25) is 5.91 Å². The fraction of sp³-hybridized carbons (Fsp3) is 0.929. The van der Waals surface area contributed by atoms with Crippen molar-refractivity contribution in [3.8, 4) is 0 Å². The summed E-state index contributed by atoms with van der Waals surface area (Å²) >= 11 is 0. The molecule has 0 bridgehead atoms. The molecule has 1 amide bonds. The summed E-state index contributed by atoms with van der Waals surface area (Å²) in [6, 6.07) is 0. The smallest absolute Gasteiger partial charge is 0.234 e. The standard InChI is InChI=1S/C14H28N2O6/c1-2-3-4-5-6-7-10(18)15-16-14-13(21)12(20)11(19)9(8-17)22-14/h9,11-14,16-17,19-21H,2-8H2,1H3,(H,15,18)/t9-,11-,12+,13-,14-/m1/s1. The van der Waals surface area contributed by atoms with Gasteiger partial charge in [-0.2, -0.15) is 0 Å². The molecule has 0 aromatic rings. The van der Waals surface area contributed by atoms with Crippen molar-refractivity contribution in [3.05, 3.63) is 0 Å². The highest BCUT2D eigenvalue weighted by molar-refractivity contribution is 5.75. The van der Waals surface area contributed by atoms with Crippen molar-refractivity contribution in [2.24, 2.45) is 0 Å². The average Bonchev–Trinajstić information content (AvgIpc) is 2.52. The normalized spacial score (nSPS) is 32.0. The van der Waals surface area contributed by atoms with Crippen molar-refractivity contribution < 1.29 is 30.0 Å². The Kier molecular flexibility index (Phi) is 8.84. The maximum atomic E-state index is 11.6. The molecule has 0 spiro atoms. The Hall–Kier alpha value is -0.770. The van der Waals surface area contributed by atoms with Gasteiger partial charge in [0.15, 0.2) is 6.23 Å². The number of hydrogen-bond acceptors (Lipinski definition) is 7. The van der Waals surface area contributed by atoms with Crippen molar-refractivity contribution in [2.75, 3.05) is 6.61 Å². The summed E-state index contributed by atoms with van der Waals surface area (Å²) < 4.78 is 5.20. The average molecular weight is 320 g/mol. The van der Waals surface area contributed by atoms with E-state index in [-0.39, 0.29) is 5.91 Å². The van der Waals surface area contributed by atoms with Crippen LogP contribution in [0.5, 0.6) is 0 Å². The molecule has 0 aromatic heterocycles. The molecule has 1 aliphatic rings. The van der Waals surface area contributed by atoms with Crippen molar-refractivity contribution in [2.45, 2.75) is 76.1 Å². The fourth-order valence-electron chi connectivity index (χ4n) is 2.32. The number of aliphatic hydroxyl groups is 4. The number of aliphatic hydroxyl groups excluding tert-OH is 4. The first-order chi connectivity index (χ1) is 10.5. The van der Waals surface area contributed by atoms with E-state index in [2.05, 4.69) is 17.8 Å². The molecule has 1 fully saturated rings. The quantitative estimate of drug-likeness (QED) is 0.231. The third kappa shape index (κ3) is 5.79. The predicted molar refractivity (Wildman–Crippen MR) is 78.4 cm³/mol. The second-order valence-corrected chi connectivity index (χ2v) is 5.61. The van der Waals surface area contributed by atoms with E-state index in [4.69, 9.17) is 9.84 Å². The van der Waals surface area contributed by atoms with E-state index < -0.39 is 37.3 Å². The summed E-state index contributed by atoms with van der Waals surface area (Å²) in [5.74, 6) is -0.242. The highest BCUT2D eigenvalue weighted by atomic mass is 16.6. The molecule has 1 rings (SSSR count). The molecule has 8 heteroatoms. The molecular weight excluding hydrogens is 292 g/mol. The van der Waals surface area contributed by atoms with Gasteiger partial charge in [0.05, 0.1) is 6.61 Å². The first-order valence-corrected chi connectivity index (χ1v) is 7.86. The van der Waals surface area contributed by atoms with Gasteiger partial charge in [-0.3, -0.25) is 10.2 Å². The van der Waals surface area contributed by atoms with Crippen LogP contribution < -0.4 is 10.9 Å². The van der Waals surface area contributed by atoms with Crippen molar-refractivity contribution >= 4 is 5.91 Å². The largest absolute Gasteiger partial charge is 0.394 e. The van der Waals surface area contributed by atoms with E-state index in [1.54, 1.807) is 0 Å². The van der Waals surface area contributed by atoms with Gasteiger partial charge < -0.3 is 25.2 Å². The molecule has 0 radical (unpaired) electrons. The summed E-state index contributed by atoms with van der Waals surface area (Å²) in [6.45, 7) is 1.62. The van der Waals surface area contributed by atoms with Crippen molar-refractivity contribution in [3.63, 3.8) is 0 Å². The van der Waals surface area contributed by atoms with Gasteiger partial charge in [-0.25, -0.2) is 5.43 Å². The second kappa shape index (κ2) is 10.1. The van der Waals surface area contributed by atoms with E-state index in [0.717, 1.165) is 32.1 Å². The predicted octanol–water partition coefficient (Wildman–Crippen LogP) is -1.23. The third-order valence-corrected chi connectivity index (χ3v) is 3.75. The van der Waals surface area contributed by atoms with Crippen LogP contribution in [0.15, 0.2) is 0 Å². The molecule has 6 N–H and O–H groups in total. The molecule has 1 saturated heterocycles. The van der Waals surface area contributed by atoms with Crippen LogP contribution in [0.25, 0.3) is 0 Å². The van der Waals surface area contributed by atoms with Gasteiger partial charge in [0.25, 0.3) is 0 Å². The minimum absolute atomic E-state index is 0.242. The zero-order valence-corrected chi connectivity index (χ0v) is 12.9. The lowest BCUT2D eigenvalue weighted by atomic mass is 9.99. The fourth-order valence-corrected chi connectivity index (χ4v) is 2.32. The summed E-state index contributed by atoms with van der Waals surface area (Å²) in [4.78, 5) is 11.6. The van der Waals surface area contributed by atoms with Crippen LogP contribution in [0.2, 0.25) is 0 Å². The van der Waals surface area contributed by atoms with Crippen LogP contribution in [0.1, 0.15) is 45.4 Å². The highest BCUT2D eigenvalue weighted by Gasteiger charge is 2.43. The van der Waals surface area contributed by atoms with Gasteiger partial charge in [-0.1, -0.05) is 32.6 Å². The minimum Gasteiger partial charge on any atom is -0.394 e. The Balaban J connectivity index is 2.29. The molecule has 8 nitrogen and oxygen atoms in total. The van der Waals surface area contributed by atoms with E-state index in [1.165, 1.54) is 0 Å². The second-order valence-electron chi connectivity index (χ2n) is 5.61. The lowest BCUT2D eigenvalue weighted by Gasteiger charge is -2.40. The van der Waals surface area contributed by atoms with E-state index in [0.29, 0.717) is 6.42 Å². The van der Waals surface area contributed by atoms with Crippen LogP contribution in [-0.4, -0.2) is 63.6 Å². The van der Waals surface area contributed by atoms with Crippen molar-refractivity contribution in [1.29, 1.82) is 0 Å². The molecule has 130 valence electrons. The summed E-state index contributed by atoms with van der Waals surface area (Å²) in [6.07, 6.45) is -0.859. The molecular formula is C14H28N2O6. The molecule has 0 unspecified atom stereocenters. The van der Waals surface area contributed by atoms with Gasteiger partial charge in [-0.15, -0.1) is 0 Å². The highest BCUT2D eigenvalue weighted by Crippen LogP contribution is 2.19. The topological polar surface area (TPSA) is 131 Å². The van der Waals surface area contributed by atoms with Crippen LogP contribution >= 0.6 is 0 Å². The molecule has 1 aliphatic heterocycles. The monoisotopic (exact) mass is 320 g/mol. The summed E-state index contributed by atoms with van der Waals surface area (Å²) in [5.41, 5.74) is 4.89. The van der Waals surface area contributed by atoms with Crippen LogP contribution in [0.4, 0.5) is 0 Å². The van der Waals surface area contributed by atoms with Gasteiger partial charge in [0, 0.05) is 6.42 Å². The van der Waals surface area contributed by atoms with E-state index >= 15 is 0 Å². The van der Waals surface area contributed by atoms with Gasteiger partial charge >= 0.3 is 0 Å². The maximum absolute atomic E-state index is 11.6. The van der Waals surface area contributed by atoms with E-state index in [1.807, 2.05) is 0 Å². The SMILES string of the molecule is CCCCCCCC(=O)NN[C@@H]1O[C@H](CO)[C@@H](O)[C@H](O)[C@H]1O. The Morgan fingerprint density at radius 1 is 1.05 bits per heavy atom. The number of rotatable bonds is 9. The first-order valence-electron chi connectivity index (χ1n) is 7.86. The number of hydrogen-bond donors (Lipinski definition) is 6. The molecule has 22 heavy (non-hydrogen) atoms. The van der Waals surface area contributed by atoms with Crippen LogP contribution in [-0.2, 0) is 9.53 Å². The zero-order valence-electron chi connectivity index (χ0n) is 12.9. The Morgan fingerprint density at radius 2 is 1.73 bits per heavy atom. The number of amides is 1. The van der Waals surface area contributed by atoms with Gasteiger partial charge in [-0.05, 0) is 6.42 Å². The maximum Gasteiger partial charge on any atom is 0.234 e. The van der Waals surface area contributed by atoms with Crippen molar-refractivity contribution in [1.82, 2.24) is 10.9 Å². The number of hydrazine groups is 1. The molecule has 1 heterocycles. The Bertz CT molecular complexity index is 328. The zero-order chi connectivity index (χ0) is 16.5. The molecule has 0 aliphatic carbocycles. The van der Waals surface area contributed by atoms with E-state index in [9.17, 15) is 20.1 Å². The van der Waals surface area contributed by atoms with Crippen LogP contribution in [0, 0.1) is 0 Å². The number of ether oxygens (including phenoxy) is 1. The number of nitrogens with one attached hydrogen (secondary N) is 2. The molecule has 0 aromatic carbocycles. The lowest BCUT2D eigenvalue weighted by Crippen LogP contribution is -2.64. The molecule has 5 atom stereocenters. The summed E-state index contributed by atoms with van der Waals surface area (Å²) in [5, 5.41) is 38.1. The Labute approximate surface area is 130 Å².